The van der Waals surface area contributed by atoms with Crippen LogP contribution < -0.4 is 10.6 Å². The van der Waals surface area contributed by atoms with Crippen molar-refractivity contribution in [2.45, 2.75) is 13.0 Å². The number of allylic oxidation sites excluding steroid dienone is 1. The van der Waals surface area contributed by atoms with Crippen molar-refractivity contribution in [3.63, 3.8) is 0 Å². The van der Waals surface area contributed by atoms with Crippen LogP contribution in [0, 0.1) is 0 Å². The van der Waals surface area contributed by atoms with Gasteiger partial charge in [-0.3, -0.25) is 0 Å². The topological polar surface area (TPSA) is 59.6 Å². The molecule has 2 rings (SSSR count). The summed E-state index contributed by atoms with van der Waals surface area (Å²) in [5.41, 5.74) is 2.25. The SMILES string of the molecule is COCCOC(=O)C1=C(C)NC(=S)NC1C=Cc1ccccc1. The number of ether oxygens (including phenoxy) is 2. The van der Waals surface area contributed by atoms with Gasteiger partial charge < -0.3 is 20.1 Å². The number of esters is 1. The Morgan fingerprint density at radius 1 is 1.30 bits per heavy atom. The maximum Gasteiger partial charge on any atom is 0.338 e. The molecule has 122 valence electrons. The zero-order valence-electron chi connectivity index (χ0n) is 13.2. The highest BCUT2D eigenvalue weighted by atomic mass is 32.1. The smallest absolute Gasteiger partial charge is 0.338 e. The summed E-state index contributed by atoms with van der Waals surface area (Å²) in [6, 6.07) is 9.52. The molecule has 1 aromatic rings. The van der Waals surface area contributed by atoms with Crippen LogP contribution in [-0.4, -0.2) is 37.4 Å². The summed E-state index contributed by atoms with van der Waals surface area (Å²) in [5.74, 6) is -0.384. The number of rotatable bonds is 6. The van der Waals surface area contributed by atoms with E-state index in [1.54, 1.807) is 7.11 Å². The Morgan fingerprint density at radius 3 is 2.74 bits per heavy atom. The van der Waals surface area contributed by atoms with Crippen molar-refractivity contribution in [2.75, 3.05) is 20.3 Å². The van der Waals surface area contributed by atoms with Gasteiger partial charge in [0.2, 0.25) is 0 Å². The van der Waals surface area contributed by atoms with E-state index in [0.29, 0.717) is 23.0 Å². The van der Waals surface area contributed by atoms with Gasteiger partial charge in [-0.15, -0.1) is 0 Å². The third-order valence-electron chi connectivity index (χ3n) is 3.32. The van der Waals surface area contributed by atoms with Crippen molar-refractivity contribution >= 4 is 29.4 Å². The van der Waals surface area contributed by atoms with E-state index in [9.17, 15) is 4.79 Å². The molecule has 0 spiro atoms. The van der Waals surface area contributed by atoms with Gasteiger partial charge >= 0.3 is 5.97 Å². The van der Waals surface area contributed by atoms with Gasteiger partial charge in [-0.1, -0.05) is 42.5 Å². The lowest BCUT2D eigenvalue weighted by Crippen LogP contribution is -2.49. The predicted molar refractivity (Wildman–Crippen MR) is 93.7 cm³/mol. The van der Waals surface area contributed by atoms with E-state index in [-0.39, 0.29) is 18.6 Å². The Bertz CT molecular complexity index is 626. The third kappa shape index (κ3) is 4.91. The van der Waals surface area contributed by atoms with Gasteiger partial charge in [0.15, 0.2) is 5.11 Å². The molecule has 0 fully saturated rings. The van der Waals surface area contributed by atoms with E-state index in [1.165, 1.54) is 0 Å². The van der Waals surface area contributed by atoms with E-state index in [1.807, 2.05) is 49.4 Å². The summed E-state index contributed by atoms with van der Waals surface area (Å²) < 4.78 is 10.1. The highest BCUT2D eigenvalue weighted by Gasteiger charge is 2.27. The number of carbonyl (C=O) groups excluding carboxylic acids is 1. The number of methoxy groups -OCH3 is 1. The first-order chi connectivity index (χ1) is 11.1. The second-order valence-corrected chi connectivity index (χ2v) is 5.42. The Kier molecular flexibility index (Phi) is 6.31. The molecule has 1 aliphatic rings. The summed E-state index contributed by atoms with van der Waals surface area (Å²) >= 11 is 5.17. The molecular formula is C17H20N2O3S. The summed E-state index contributed by atoms with van der Waals surface area (Å²) in [7, 11) is 1.56. The van der Waals surface area contributed by atoms with Crippen LogP contribution >= 0.6 is 12.2 Å². The molecule has 0 aliphatic carbocycles. The predicted octanol–water partition coefficient (Wildman–Crippen LogP) is 2.01. The first-order valence-electron chi connectivity index (χ1n) is 7.29. The van der Waals surface area contributed by atoms with Gasteiger partial charge in [0.1, 0.15) is 6.61 Å². The monoisotopic (exact) mass is 332 g/mol. The number of hydrogen-bond donors (Lipinski definition) is 2. The molecule has 0 saturated heterocycles. The van der Waals surface area contributed by atoms with Gasteiger partial charge in [0, 0.05) is 12.8 Å². The number of carbonyl (C=O) groups is 1. The summed E-state index contributed by atoms with van der Waals surface area (Å²) in [5, 5.41) is 6.53. The zero-order chi connectivity index (χ0) is 16.7. The molecule has 0 aromatic heterocycles. The molecule has 0 saturated carbocycles. The zero-order valence-corrected chi connectivity index (χ0v) is 14.0. The van der Waals surface area contributed by atoms with Gasteiger partial charge in [-0.25, -0.2) is 4.79 Å². The maximum atomic E-state index is 12.3. The van der Waals surface area contributed by atoms with Crippen molar-refractivity contribution in [1.29, 1.82) is 0 Å². The average Bonchev–Trinajstić information content (AvgIpc) is 2.53. The Balaban J connectivity index is 2.17. The molecule has 0 radical (unpaired) electrons. The van der Waals surface area contributed by atoms with Gasteiger partial charge in [0.25, 0.3) is 0 Å². The molecule has 2 N–H and O–H groups in total. The molecule has 1 unspecified atom stereocenters. The normalized spacial score (nSPS) is 17.8. The van der Waals surface area contributed by atoms with Crippen molar-refractivity contribution in [3.05, 3.63) is 53.2 Å². The molecule has 5 nitrogen and oxygen atoms in total. The van der Waals surface area contributed by atoms with Crippen LogP contribution in [-0.2, 0) is 14.3 Å². The minimum atomic E-state index is -0.384. The first-order valence-corrected chi connectivity index (χ1v) is 7.70. The van der Waals surface area contributed by atoms with Gasteiger partial charge in [-0.2, -0.15) is 0 Å². The van der Waals surface area contributed by atoms with Crippen LogP contribution in [0.3, 0.4) is 0 Å². The van der Waals surface area contributed by atoms with Crippen LogP contribution in [0.5, 0.6) is 0 Å². The minimum absolute atomic E-state index is 0.214. The molecule has 1 atom stereocenters. The van der Waals surface area contributed by atoms with E-state index in [2.05, 4.69) is 10.6 Å². The molecule has 23 heavy (non-hydrogen) atoms. The number of nitrogens with one attached hydrogen (secondary N) is 2. The van der Waals surface area contributed by atoms with E-state index in [4.69, 9.17) is 21.7 Å². The number of hydrogen-bond acceptors (Lipinski definition) is 4. The highest BCUT2D eigenvalue weighted by Crippen LogP contribution is 2.16. The lowest BCUT2D eigenvalue weighted by Gasteiger charge is -2.27. The van der Waals surface area contributed by atoms with Gasteiger partial charge in [0.05, 0.1) is 18.2 Å². The average molecular weight is 332 g/mol. The van der Waals surface area contributed by atoms with Crippen LogP contribution in [0.15, 0.2) is 47.7 Å². The van der Waals surface area contributed by atoms with Crippen LogP contribution in [0.4, 0.5) is 0 Å². The van der Waals surface area contributed by atoms with Crippen molar-refractivity contribution < 1.29 is 14.3 Å². The molecular weight excluding hydrogens is 312 g/mol. The molecule has 0 amide bonds. The Morgan fingerprint density at radius 2 is 2.04 bits per heavy atom. The third-order valence-corrected chi connectivity index (χ3v) is 3.54. The molecule has 0 bridgehead atoms. The minimum Gasteiger partial charge on any atom is -0.460 e. The molecule has 6 heteroatoms. The molecule has 1 heterocycles. The van der Waals surface area contributed by atoms with Crippen LogP contribution in [0.1, 0.15) is 12.5 Å². The fraction of sp³-hybridized carbons (Fsp3) is 0.294. The van der Waals surface area contributed by atoms with E-state index >= 15 is 0 Å². The first kappa shape index (κ1) is 17.2. The quantitative estimate of drug-likeness (QED) is 0.472. The number of thiocarbonyl (C=S) groups is 1. The summed E-state index contributed by atoms with van der Waals surface area (Å²) in [6.07, 6.45) is 3.85. The molecule has 1 aromatic carbocycles. The van der Waals surface area contributed by atoms with Crippen LogP contribution in [0.25, 0.3) is 6.08 Å². The Hall–Kier alpha value is -2.18. The summed E-state index contributed by atoms with van der Waals surface area (Å²) in [6.45, 7) is 2.39. The van der Waals surface area contributed by atoms with E-state index in [0.717, 1.165) is 5.56 Å². The lowest BCUT2D eigenvalue weighted by atomic mass is 10.0. The fourth-order valence-corrected chi connectivity index (χ4v) is 2.49. The van der Waals surface area contributed by atoms with Crippen molar-refractivity contribution in [1.82, 2.24) is 10.6 Å². The fourth-order valence-electron chi connectivity index (χ4n) is 2.21. The second kappa shape index (κ2) is 8.45. The lowest BCUT2D eigenvalue weighted by molar-refractivity contribution is -0.140. The molecule has 1 aliphatic heterocycles. The second-order valence-electron chi connectivity index (χ2n) is 5.01. The Labute approximate surface area is 141 Å². The largest absolute Gasteiger partial charge is 0.460 e. The van der Waals surface area contributed by atoms with Crippen molar-refractivity contribution in [3.8, 4) is 0 Å². The van der Waals surface area contributed by atoms with Crippen molar-refractivity contribution in [2.24, 2.45) is 0 Å². The van der Waals surface area contributed by atoms with Gasteiger partial charge in [-0.05, 0) is 24.7 Å². The standard InChI is InChI=1S/C17H20N2O3S/c1-12-15(16(20)22-11-10-21-2)14(19-17(23)18-12)9-8-13-6-4-3-5-7-13/h3-9,14H,10-11H2,1-2H3,(H2,18,19,23). The van der Waals surface area contributed by atoms with Crippen LogP contribution in [0.2, 0.25) is 0 Å². The highest BCUT2D eigenvalue weighted by molar-refractivity contribution is 7.80. The van der Waals surface area contributed by atoms with E-state index < -0.39 is 0 Å². The summed E-state index contributed by atoms with van der Waals surface area (Å²) in [4.78, 5) is 12.3. The maximum absolute atomic E-state index is 12.3. The number of benzene rings is 1.